The number of fused-ring (bicyclic) bond motifs is 3. The van der Waals surface area contributed by atoms with Gasteiger partial charge in [-0.25, -0.2) is 0 Å². The van der Waals surface area contributed by atoms with Gasteiger partial charge < -0.3 is 20.4 Å². The number of rotatable bonds is 5. The monoisotopic (exact) mass is 562 g/mol. The van der Waals surface area contributed by atoms with Gasteiger partial charge in [-0.15, -0.1) is 0 Å². The lowest BCUT2D eigenvalue weighted by molar-refractivity contribution is -0.181. The third-order valence-electron chi connectivity index (χ3n) is 9.84. The number of phenols is 1. The second kappa shape index (κ2) is 9.73. The highest BCUT2D eigenvalue weighted by Crippen LogP contribution is 2.51. The van der Waals surface area contributed by atoms with Crippen LogP contribution in [-0.2, 0) is 32.0 Å². The van der Waals surface area contributed by atoms with Crippen molar-refractivity contribution in [2.75, 3.05) is 14.1 Å². The highest BCUT2D eigenvalue weighted by atomic mass is 16.3. The maximum absolute atomic E-state index is 13.9. The van der Waals surface area contributed by atoms with Crippen LogP contribution in [-0.4, -0.2) is 69.9 Å². The van der Waals surface area contributed by atoms with Crippen LogP contribution in [0.15, 0.2) is 28.7 Å². The first kappa shape index (κ1) is 27.5. The number of Topliss-reactive ketones (excluding diaryl/α,β-unsaturated/α-hetero) is 4. The number of amides is 1. The van der Waals surface area contributed by atoms with E-state index >= 15 is 0 Å². The van der Waals surface area contributed by atoms with E-state index in [1.807, 2.05) is 12.1 Å². The first-order valence-electron chi connectivity index (χ1n) is 14.2. The predicted molar refractivity (Wildman–Crippen MR) is 145 cm³/mol. The van der Waals surface area contributed by atoms with Gasteiger partial charge in [0.1, 0.15) is 17.3 Å². The number of carbonyl (C=O) groups excluding carboxylic acids is 5. The van der Waals surface area contributed by atoms with Gasteiger partial charge in [0, 0.05) is 17.9 Å². The zero-order valence-corrected chi connectivity index (χ0v) is 23.1. The highest BCUT2D eigenvalue weighted by Gasteiger charge is 2.69. The van der Waals surface area contributed by atoms with Crippen LogP contribution in [0.4, 0.5) is 0 Å². The number of ketones is 4. The molecule has 4 N–H and O–H groups in total. The van der Waals surface area contributed by atoms with Gasteiger partial charge in [0.15, 0.2) is 34.7 Å². The Morgan fingerprint density at radius 2 is 1.78 bits per heavy atom. The number of aromatic hydroxyl groups is 1. The lowest BCUT2D eigenvalue weighted by Gasteiger charge is -2.52. The summed E-state index contributed by atoms with van der Waals surface area (Å²) < 4.78 is 6.20. The van der Waals surface area contributed by atoms with Crippen molar-refractivity contribution in [1.29, 1.82) is 0 Å². The van der Waals surface area contributed by atoms with E-state index in [0.717, 1.165) is 12.2 Å². The van der Waals surface area contributed by atoms with Crippen LogP contribution < -0.4 is 5.73 Å². The van der Waals surface area contributed by atoms with Gasteiger partial charge in [0.2, 0.25) is 5.91 Å². The molecule has 4 aliphatic rings. The zero-order valence-electron chi connectivity index (χ0n) is 23.1. The van der Waals surface area contributed by atoms with E-state index in [2.05, 4.69) is 0 Å². The third kappa shape index (κ3) is 4.02. The van der Waals surface area contributed by atoms with Gasteiger partial charge in [-0.2, -0.15) is 0 Å². The Hall–Kier alpha value is -3.63. The molecule has 0 radical (unpaired) electrons. The molecule has 0 spiro atoms. The molecule has 1 aromatic carbocycles. The Morgan fingerprint density at radius 1 is 1.07 bits per heavy atom. The number of nitrogens with two attached hydrogens (primary N) is 1. The first-order valence-corrected chi connectivity index (χ1v) is 14.2. The molecule has 0 aliphatic heterocycles. The summed E-state index contributed by atoms with van der Waals surface area (Å²) in [5, 5.41) is 22.5. The Balaban J connectivity index is 1.41. The van der Waals surface area contributed by atoms with Gasteiger partial charge >= 0.3 is 0 Å². The number of benzene rings is 1. The van der Waals surface area contributed by atoms with Gasteiger partial charge in [-0.3, -0.25) is 28.9 Å². The predicted octanol–water partition coefficient (Wildman–Crippen LogP) is 1.86. The van der Waals surface area contributed by atoms with E-state index in [9.17, 15) is 34.2 Å². The number of hydrogen-bond acceptors (Lipinski definition) is 9. The van der Waals surface area contributed by atoms with E-state index < -0.39 is 64.4 Å². The van der Waals surface area contributed by atoms with Crippen molar-refractivity contribution in [3.05, 3.63) is 41.2 Å². The summed E-state index contributed by atoms with van der Waals surface area (Å²) in [4.78, 5) is 68.1. The molecule has 10 heteroatoms. The lowest BCUT2D eigenvalue weighted by Crippen LogP contribution is -2.74. The summed E-state index contributed by atoms with van der Waals surface area (Å²) in [5.41, 5.74) is 3.75. The number of hydrogen-bond donors (Lipinski definition) is 3. The molecule has 41 heavy (non-hydrogen) atoms. The van der Waals surface area contributed by atoms with Gasteiger partial charge in [0.05, 0.1) is 17.5 Å². The van der Waals surface area contributed by atoms with E-state index in [-0.39, 0.29) is 24.2 Å². The molecule has 1 heterocycles. The molecule has 6 atom stereocenters. The van der Waals surface area contributed by atoms with Crippen molar-refractivity contribution in [2.45, 2.75) is 56.6 Å². The molecule has 10 nitrogen and oxygen atoms in total. The van der Waals surface area contributed by atoms with Crippen LogP contribution in [0.25, 0.3) is 11.3 Å². The molecule has 3 fully saturated rings. The summed E-state index contributed by atoms with van der Waals surface area (Å²) in [5.74, 6) is -8.59. The van der Waals surface area contributed by atoms with Crippen molar-refractivity contribution in [1.82, 2.24) is 4.90 Å². The Kier molecular flexibility index (Phi) is 6.54. The van der Waals surface area contributed by atoms with Crippen LogP contribution in [0.2, 0.25) is 0 Å². The zero-order chi connectivity index (χ0) is 29.4. The number of primary amides is 1. The maximum atomic E-state index is 13.9. The van der Waals surface area contributed by atoms with Gasteiger partial charge in [0.25, 0.3) is 0 Å². The van der Waals surface area contributed by atoms with E-state index in [0.29, 0.717) is 22.8 Å². The average Bonchev–Trinajstić information content (AvgIpc) is 3.59. The van der Waals surface area contributed by atoms with Crippen molar-refractivity contribution in [3.8, 4) is 17.1 Å². The topological polar surface area (TPSA) is 168 Å². The SMILES string of the molecule is CN(C)C1C(=O)C(C(N)=O)C(=O)[C@]2(O)C(=O)C3C(=O)c4c(O)ccc(-c5ccc(CC6CCCC6)o5)c4C[C@@H]3C[C@H]12. The van der Waals surface area contributed by atoms with E-state index in [4.69, 9.17) is 10.2 Å². The number of aliphatic hydroxyl groups is 1. The summed E-state index contributed by atoms with van der Waals surface area (Å²) in [6, 6.07) is 5.72. The molecule has 3 unspecified atom stereocenters. The molecule has 1 aromatic heterocycles. The molecule has 2 aromatic rings. The number of nitrogens with zero attached hydrogens (tertiary/aromatic N) is 1. The summed E-state index contributed by atoms with van der Waals surface area (Å²) in [6.45, 7) is 0. The molecule has 0 saturated heterocycles. The van der Waals surface area contributed by atoms with Crippen LogP contribution in [0, 0.1) is 29.6 Å². The minimum Gasteiger partial charge on any atom is -0.507 e. The fourth-order valence-electron chi connectivity index (χ4n) is 7.97. The fraction of sp³-hybridized carbons (Fsp3) is 0.516. The minimum atomic E-state index is -2.74. The number of phenolic OH excluding ortho intramolecular Hbond substituents is 1. The van der Waals surface area contributed by atoms with Crippen LogP contribution in [0.5, 0.6) is 5.75 Å². The molecule has 3 saturated carbocycles. The molecular formula is C31H34N2O8. The van der Waals surface area contributed by atoms with Crippen LogP contribution >= 0.6 is 0 Å². The molecular weight excluding hydrogens is 528 g/mol. The molecule has 4 aliphatic carbocycles. The van der Waals surface area contributed by atoms with Crippen molar-refractivity contribution < 1.29 is 38.6 Å². The standard InChI is InChI=1S/C31H34N2O8/c1-33(2)25-19-13-15-12-18-17(21-10-7-16(41-21)11-14-5-3-4-6-14)8-9-20(34)23(18)26(35)22(15)28(37)31(19,40)29(38)24(27(25)36)30(32)39/h7-10,14-15,19,22,24-25,34,40H,3-6,11-13H2,1-2H3,(H2,32,39)/t15-,19-,22?,24?,25?,31-/m1/s1. The lowest BCUT2D eigenvalue weighted by atomic mass is 9.52. The van der Waals surface area contributed by atoms with E-state index in [1.165, 1.54) is 36.6 Å². The van der Waals surface area contributed by atoms with Gasteiger partial charge in [-0.1, -0.05) is 25.7 Å². The summed E-state index contributed by atoms with van der Waals surface area (Å²) in [7, 11) is 3.12. The molecule has 216 valence electrons. The van der Waals surface area contributed by atoms with Crippen LogP contribution in [0.1, 0.15) is 53.8 Å². The van der Waals surface area contributed by atoms with Crippen molar-refractivity contribution in [2.24, 2.45) is 35.3 Å². The maximum Gasteiger partial charge on any atom is 0.235 e. The third-order valence-corrected chi connectivity index (χ3v) is 9.84. The van der Waals surface area contributed by atoms with E-state index in [1.54, 1.807) is 20.2 Å². The second-order valence-corrected chi connectivity index (χ2v) is 12.4. The number of likely N-dealkylation sites (N-methyl/N-ethyl adjacent to an activating group) is 1. The Morgan fingerprint density at radius 3 is 2.44 bits per heavy atom. The molecule has 6 rings (SSSR count). The summed E-state index contributed by atoms with van der Waals surface area (Å²) >= 11 is 0. The largest absolute Gasteiger partial charge is 0.507 e. The normalized spacial score (nSPS) is 31.8. The average molecular weight is 563 g/mol. The van der Waals surface area contributed by atoms with Crippen molar-refractivity contribution in [3.63, 3.8) is 0 Å². The second-order valence-electron chi connectivity index (χ2n) is 12.4. The first-order chi connectivity index (χ1) is 19.4. The Bertz CT molecular complexity index is 1480. The summed E-state index contributed by atoms with van der Waals surface area (Å²) in [6.07, 6.45) is 5.81. The fourth-order valence-corrected chi connectivity index (χ4v) is 7.97. The molecule has 0 bridgehead atoms. The van der Waals surface area contributed by atoms with Crippen LogP contribution in [0.3, 0.4) is 0 Å². The quantitative estimate of drug-likeness (QED) is 0.461. The van der Waals surface area contributed by atoms with Gasteiger partial charge in [-0.05, 0) is 68.6 Å². The Labute approximate surface area is 236 Å². The smallest absolute Gasteiger partial charge is 0.235 e. The number of furan rings is 1. The minimum absolute atomic E-state index is 0.00404. The van der Waals surface area contributed by atoms with Crippen molar-refractivity contribution >= 4 is 29.0 Å². The number of carbonyl (C=O) groups is 5. The highest BCUT2D eigenvalue weighted by molar-refractivity contribution is 6.32. The molecule has 1 amide bonds.